The largest absolute Gasteiger partial charge is 0.348 e. The van der Waals surface area contributed by atoms with Crippen molar-refractivity contribution >= 4 is 29.1 Å². The van der Waals surface area contributed by atoms with Crippen LogP contribution in [0.25, 0.3) is 0 Å². The van der Waals surface area contributed by atoms with E-state index in [4.69, 9.17) is 0 Å². The molecule has 2 fully saturated rings. The molecule has 2 N–H and O–H groups in total. The lowest BCUT2D eigenvalue weighted by Crippen LogP contribution is -2.36. The molecule has 3 rings (SSSR count). The highest BCUT2D eigenvalue weighted by Crippen LogP contribution is 2.58. The lowest BCUT2D eigenvalue weighted by molar-refractivity contribution is -0.123. The first-order valence-corrected chi connectivity index (χ1v) is 9.69. The summed E-state index contributed by atoms with van der Waals surface area (Å²) in [4.78, 5) is 12.6. The van der Waals surface area contributed by atoms with Gasteiger partial charge in [0.1, 0.15) is 0 Å². The van der Waals surface area contributed by atoms with E-state index in [2.05, 4.69) is 10.6 Å². The Morgan fingerprint density at radius 2 is 2.00 bits per heavy atom. The Kier molecular flexibility index (Phi) is 6.23. The predicted octanol–water partition coefficient (Wildman–Crippen LogP) is 2.03. The molecular weight excluding hydrogens is 332 g/mol. The molecule has 1 aliphatic heterocycles. The highest BCUT2D eigenvalue weighted by atomic mass is 35.5. The van der Waals surface area contributed by atoms with E-state index in [1.54, 1.807) is 6.26 Å². The second kappa shape index (κ2) is 7.77. The van der Waals surface area contributed by atoms with Crippen molar-refractivity contribution in [2.45, 2.75) is 25.3 Å². The maximum Gasteiger partial charge on any atom is 0.224 e. The molecule has 1 spiro atoms. The van der Waals surface area contributed by atoms with Crippen molar-refractivity contribution in [1.82, 2.24) is 10.6 Å². The second-order valence-corrected chi connectivity index (χ2v) is 8.06. The third-order valence-electron chi connectivity index (χ3n) is 5.03. The first-order chi connectivity index (χ1) is 10.6. The molecule has 2 aliphatic rings. The van der Waals surface area contributed by atoms with Gasteiger partial charge in [0.25, 0.3) is 0 Å². The molecule has 1 saturated carbocycles. The van der Waals surface area contributed by atoms with Crippen LogP contribution in [-0.2, 0) is 15.6 Å². The molecule has 23 heavy (non-hydrogen) atoms. The summed E-state index contributed by atoms with van der Waals surface area (Å²) >= 11 is 0. The fourth-order valence-corrected chi connectivity index (χ4v) is 4.35. The van der Waals surface area contributed by atoms with Gasteiger partial charge in [-0.3, -0.25) is 9.00 Å². The zero-order valence-electron chi connectivity index (χ0n) is 13.4. The van der Waals surface area contributed by atoms with Gasteiger partial charge in [0.2, 0.25) is 5.91 Å². The number of amides is 1. The van der Waals surface area contributed by atoms with Crippen LogP contribution in [0.5, 0.6) is 0 Å². The van der Waals surface area contributed by atoms with Gasteiger partial charge in [-0.05, 0) is 43.3 Å². The van der Waals surface area contributed by atoms with Crippen LogP contribution in [0.4, 0.5) is 0 Å². The topological polar surface area (TPSA) is 58.2 Å². The van der Waals surface area contributed by atoms with Crippen LogP contribution < -0.4 is 10.6 Å². The van der Waals surface area contributed by atoms with Crippen molar-refractivity contribution in [3.05, 3.63) is 35.9 Å². The van der Waals surface area contributed by atoms with E-state index < -0.39 is 10.8 Å². The summed E-state index contributed by atoms with van der Waals surface area (Å²) in [5.41, 5.74) is 1.27. The number of hydrogen-bond acceptors (Lipinski definition) is 3. The average Bonchev–Trinajstić information content (AvgIpc) is 3.21. The Labute approximate surface area is 146 Å². The molecule has 4 nitrogen and oxygen atoms in total. The number of carbonyl (C=O) groups excluding carboxylic acids is 1. The molecule has 1 aromatic rings. The standard InChI is InChI=1S/C17H24N2O2S.ClH/c1-22(21)12-15(13-5-3-2-4-6-13)19-16(20)14-11-17(14)7-9-18-10-8-17;/h2-6,14-15,18H,7-12H2,1H3,(H,19,20);1H. The van der Waals surface area contributed by atoms with Gasteiger partial charge < -0.3 is 10.6 Å². The lowest BCUT2D eigenvalue weighted by Gasteiger charge is -2.24. The fourth-order valence-electron chi connectivity index (χ4n) is 3.61. The van der Waals surface area contributed by atoms with Crippen LogP contribution in [0, 0.1) is 11.3 Å². The second-order valence-electron chi connectivity index (χ2n) is 6.58. The molecular formula is C17H25ClN2O2S. The van der Waals surface area contributed by atoms with Gasteiger partial charge in [0.05, 0.1) is 6.04 Å². The summed E-state index contributed by atoms with van der Waals surface area (Å²) in [6, 6.07) is 9.70. The molecule has 1 aliphatic carbocycles. The van der Waals surface area contributed by atoms with Crippen LogP contribution in [0.1, 0.15) is 30.9 Å². The van der Waals surface area contributed by atoms with Crippen LogP contribution in [-0.4, -0.2) is 35.2 Å². The normalized spacial score (nSPS) is 24.3. The van der Waals surface area contributed by atoms with Crippen molar-refractivity contribution in [2.75, 3.05) is 25.1 Å². The first-order valence-electron chi connectivity index (χ1n) is 7.97. The summed E-state index contributed by atoms with van der Waals surface area (Å²) in [7, 11) is -0.943. The highest BCUT2D eigenvalue weighted by molar-refractivity contribution is 7.84. The van der Waals surface area contributed by atoms with Gasteiger partial charge in [-0.15, -0.1) is 12.4 Å². The van der Waals surface area contributed by atoms with Gasteiger partial charge in [0.15, 0.2) is 0 Å². The highest BCUT2D eigenvalue weighted by Gasteiger charge is 2.57. The number of rotatable bonds is 5. The zero-order chi connectivity index (χ0) is 15.6. The molecule has 0 aromatic heterocycles. The average molecular weight is 357 g/mol. The van der Waals surface area contributed by atoms with Crippen molar-refractivity contribution in [2.24, 2.45) is 11.3 Å². The van der Waals surface area contributed by atoms with Gasteiger partial charge >= 0.3 is 0 Å². The van der Waals surface area contributed by atoms with Gasteiger partial charge in [0, 0.05) is 28.7 Å². The van der Waals surface area contributed by atoms with Crippen molar-refractivity contribution in [1.29, 1.82) is 0 Å². The zero-order valence-corrected chi connectivity index (χ0v) is 15.1. The van der Waals surface area contributed by atoms with E-state index in [0.717, 1.165) is 37.9 Å². The number of piperidine rings is 1. The number of nitrogens with one attached hydrogen (secondary N) is 2. The molecule has 0 radical (unpaired) electrons. The lowest BCUT2D eigenvalue weighted by atomic mass is 9.91. The van der Waals surface area contributed by atoms with E-state index >= 15 is 0 Å². The quantitative estimate of drug-likeness (QED) is 0.848. The Morgan fingerprint density at radius 3 is 2.61 bits per heavy atom. The summed E-state index contributed by atoms with van der Waals surface area (Å²) in [5.74, 6) is 0.754. The molecule has 0 bridgehead atoms. The Morgan fingerprint density at radius 1 is 1.35 bits per heavy atom. The maximum atomic E-state index is 12.6. The summed E-state index contributed by atoms with van der Waals surface area (Å²) in [6.07, 6.45) is 4.90. The third kappa shape index (κ3) is 4.34. The van der Waals surface area contributed by atoms with E-state index in [-0.39, 0.29) is 35.7 Å². The van der Waals surface area contributed by atoms with Gasteiger partial charge in [-0.1, -0.05) is 30.3 Å². The summed E-state index contributed by atoms with van der Waals surface area (Å²) < 4.78 is 11.6. The van der Waals surface area contributed by atoms with Crippen LogP contribution in [0.3, 0.4) is 0 Å². The van der Waals surface area contributed by atoms with E-state index in [0.29, 0.717) is 5.75 Å². The predicted molar refractivity (Wildman–Crippen MR) is 96.2 cm³/mol. The SMILES string of the molecule is CS(=O)CC(NC(=O)C1CC12CCNCC2)c1ccccc1.Cl. The molecule has 6 heteroatoms. The monoisotopic (exact) mass is 356 g/mol. The minimum Gasteiger partial charge on any atom is -0.348 e. The Hall–Kier alpha value is -0.910. The molecule has 1 saturated heterocycles. The van der Waals surface area contributed by atoms with Crippen molar-refractivity contribution in [3.8, 4) is 0 Å². The molecule has 1 aromatic carbocycles. The Balaban J connectivity index is 0.00000192. The summed E-state index contributed by atoms with van der Waals surface area (Å²) in [5, 5.41) is 6.51. The molecule has 1 amide bonds. The van der Waals surface area contributed by atoms with E-state index in [1.165, 1.54) is 0 Å². The summed E-state index contributed by atoms with van der Waals surface area (Å²) in [6.45, 7) is 2.04. The van der Waals surface area contributed by atoms with Crippen LogP contribution in [0.15, 0.2) is 30.3 Å². The molecule has 128 valence electrons. The van der Waals surface area contributed by atoms with E-state index in [9.17, 15) is 9.00 Å². The third-order valence-corrected chi connectivity index (χ3v) is 5.83. The minimum absolute atomic E-state index is 0. The van der Waals surface area contributed by atoms with Crippen LogP contribution >= 0.6 is 12.4 Å². The number of benzene rings is 1. The Bertz CT molecular complexity index is 561. The van der Waals surface area contributed by atoms with Crippen LogP contribution in [0.2, 0.25) is 0 Å². The minimum atomic E-state index is -0.943. The first kappa shape index (κ1) is 18.4. The smallest absolute Gasteiger partial charge is 0.224 e. The molecule has 1 heterocycles. The van der Waals surface area contributed by atoms with Crippen molar-refractivity contribution < 1.29 is 9.00 Å². The fraction of sp³-hybridized carbons (Fsp3) is 0.588. The molecule has 3 unspecified atom stereocenters. The van der Waals surface area contributed by atoms with E-state index in [1.807, 2.05) is 30.3 Å². The maximum absolute atomic E-state index is 12.6. The van der Waals surface area contributed by atoms with Crippen molar-refractivity contribution in [3.63, 3.8) is 0 Å². The number of carbonyl (C=O) groups is 1. The number of halogens is 1. The molecule has 3 atom stereocenters. The van der Waals surface area contributed by atoms with Gasteiger partial charge in [-0.2, -0.15) is 0 Å². The van der Waals surface area contributed by atoms with Gasteiger partial charge in [-0.25, -0.2) is 0 Å². The number of hydrogen-bond donors (Lipinski definition) is 2.